The third-order valence-electron chi connectivity index (χ3n) is 4.07. The second-order valence-corrected chi connectivity index (χ2v) is 7.29. The first-order valence-electron chi connectivity index (χ1n) is 7.56. The molecule has 0 spiro atoms. The molecule has 20 heavy (non-hydrogen) atoms. The van der Waals surface area contributed by atoms with Gasteiger partial charge in [0.05, 0.1) is 5.92 Å². The number of rotatable bonds is 4. The van der Waals surface area contributed by atoms with Crippen LogP contribution in [-0.4, -0.2) is 42.3 Å². The van der Waals surface area contributed by atoms with Crippen LogP contribution in [0.4, 0.5) is 13.2 Å². The number of hydrogen-bond donors (Lipinski definition) is 1. The van der Waals surface area contributed by atoms with Gasteiger partial charge in [-0.3, -0.25) is 4.90 Å². The van der Waals surface area contributed by atoms with E-state index in [1.165, 1.54) is 0 Å². The minimum absolute atomic E-state index is 0.0391. The van der Waals surface area contributed by atoms with E-state index in [1.807, 2.05) is 0 Å². The smallest absolute Gasteiger partial charge is 0.311 e. The predicted molar refractivity (Wildman–Crippen MR) is 76.7 cm³/mol. The summed E-state index contributed by atoms with van der Waals surface area (Å²) in [4.78, 5) is 2.23. The number of nitrogens with one attached hydrogen (secondary N) is 1. The Labute approximate surface area is 121 Å². The third kappa shape index (κ3) is 5.60. The highest BCUT2D eigenvalue weighted by Crippen LogP contribution is 2.35. The second kappa shape index (κ2) is 6.65. The summed E-state index contributed by atoms with van der Waals surface area (Å²) in [6, 6.07) is 0.309. The lowest BCUT2D eigenvalue weighted by atomic mass is 9.92. The molecule has 1 rings (SSSR count). The molecule has 1 atom stereocenters. The van der Waals surface area contributed by atoms with Crippen LogP contribution < -0.4 is 5.32 Å². The molecule has 1 N–H and O–H groups in total. The van der Waals surface area contributed by atoms with Crippen LogP contribution in [-0.2, 0) is 0 Å². The van der Waals surface area contributed by atoms with Gasteiger partial charge in [-0.05, 0) is 52.6 Å². The Morgan fingerprint density at radius 2 is 1.60 bits per heavy atom. The minimum Gasteiger partial charge on any atom is -0.311 e. The fourth-order valence-corrected chi connectivity index (χ4v) is 2.76. The number of nitrogens with zero attached hydrogens (tertiary/aromatic N) is 1. The van der Waals surface area contributed by atoms with E-state index in [0.717, 1.165) is 6.54 Å². The Balaban J connectivity index is 2.54. The van der Waals surface area contributed by atoms with Gasteiger partial charge in [-0.2, -0.15) is 13.2 Å². The van der Waals surface area contributed by atoms with Crippen molar-refractivity contribution in [3.63, 3.8) is 0 Å². The van der Waals surface area contributed by atoms with Crippen molar-refractivity contribution in [2.24, 2.45) is 11.8 Å². The number of hydrogen-bond acceptors (Lipinski definition) is 2. The minimum atomic E-state index is -4.02. The first-order chi connectivity index (χ1) is 9.00. The molecule has 120 valence electrons. The molecule has 0 radical (unpaired) electrons. The van der Waals surface area contributed by atoms with Crippen LogP contribution in [0, 0.1) is 11.8 Å². The van der Waals surface area contributed by atoms with Gasteiger partial charge in [-0.25, -0.2) is 0 Å². The molecular formula is C15H29F3N2. The maximum absolute atomic E-state index is 12.7. The van der Waals surface area contributed by atoms with Crippen molar-refractivity contribution in [3.8, 4) is 0 Å². The SMILES string of the molecule is CC(C)C(CNC(C)(C)C)N1CCC(C(F)(F)F)CC1. The number of alkyl halides is 3. The first kappa shape index (κ1) is 17.8. The van der Waals surface area contributed by atoms with Crippen molar-refractivity contribution in [1.82, 2.24) is 10.2 Å². The average Bonchev–Trinajstić information content (AvgIpc) is 2.26. The molecule has 1 heterocycles. The van der Waals surface area contributed by atoms with E-state index < -0.39 is 12.1 Å². The fourth-order valence-electron chi connectivity index (χ4n) is 2.76. The van der Waals surface area contributed by atoms with Gasteiger partial charge in [0, 0.05) is 18.1 Å². The summed E-state index contributed by atoms with van der Waals surface area (Å²) >= 11 is 0. The van der Waals surface area contributed by atoms with Crippen molar-refractivity contribution in [2.75, 3.05) is 19.6 Å². The molecule has 0 aromatic carbocycles. The molecule has 5 heteroatoms. The highest BCUT2D eigenvalue weighted by molar-refractivity contribution is 4.85. The molecule has 1 unspecified atom stereocenters. The molecular weight excluding hydrogens is 265 g/mol. The van der Waals surface area contributed by atoms with Crippen molar-refractivity contribution in [3.05, 3.63) is 0 Å². The van der Waals surface area contributed by atoms with Gasteiger partial charge in [0.15, 0.2) is 0 Å². The molecule has 0 amide bonds. The molecule has 1 aliphatic rings. The Morgan fingerprint density at radius 3 is 1.95 bits per heavy atom. The van der Waals surface area contributed by atoms with E-state index >= 15 is 0 Å². The van der Waals surface area contributed by atoms with Gasteiger partial charge < -0.3 is 5.32 Å². The monoisotopic (exact) mass is 294 g/mol. The van der Waals surface area contributed by atoms with Crippen molar-refractivity contribution in [2.45, 2.75) is 65.2 Å². The molecule has 1 saturated heterocycles. The largest absolute Gasteiger partial charge is 0.391 e. The average molecular weight is 294 g/mol. The van der Waals surface area contributed by atoms with Crippen molar-refractivity contribution < 1.29 is 13.2 Å². The molecule has 1 aliphatic heterocycles. The van der Waals surface area contributed by atoms with Crippen LogP contribution in [0.3, 0.4) is 0 Å². The summed E-state index contributed by atoms with van der Waals surface area (Å²) < 4.78 is 38.1. The third-order valence-corrected chi connectivity index (χ3v) is 4.07. The zero-order chi connectivity index (χ0) is 15.6. The maximum atomic E-state index is 12.7. The first-order valence-corrected chi connectivity index (χ1v) is 7.56. The summed E-state index contributed by atoms with van der Waals surface area (Å²) in [6.07, 6.45) is -3.55. The summed E-state index contributed by atoms with van der Waals surface area (Å²) in [5.41, 5.74) is 0.0391. The lowest BCUT2D eigenvalue weighted by Crippen LogP contribution is -2.52. The number of halogens is 3. The molecule has 0 aromatic heterocycles. The quantitative estimate of drug-likeness (QED) is 0.851. The lowest BCUT2D eigenvalue weighted by molar-refractivity contribution is -0.186. The maximum Gasteiger partial charge on any atom is 0.391 e. The van der Waals surface area contributed by atoms with Crippen LogP contribution in [0.1, 0.15) is 47.5 Å². The van der Waals surface area contributed by atoms with Gasteiger partial charge >= 0.3 is 6.18 Å². The summed E-state index contributed by atoms with van der Waals surface area (Å²) in [7, 11) is 0. The molecule has 0 aliphatic carbocycles. The second-order valence-electron chi connectivity index (χ2n) is 7.29. The highest BCUT2D eigenvalue weighted by Gasteiger charge is 2.42. The number of likely N-dealkylation sites (tertiary alicyclic amines) is 1. The fraction of sp³-hybridized carbons (Fsp3) is 1.00. The summed E-state index contributed by atoms with van der Waals surface area (Å²) in [5, 5.41) is 3.48. The van der Waals surface area contributed by atoms with E-state index in [4.69, 9.17) is 0 Å². The summed E-state index contributed by atoms with van der Waals surface area (Å²) in [6.45, 7) is 12.6. The van der Waals surface area contributed by atoms with E-state index in [-0.39, 0.29) is 18.4 Å². The Morgan fingerprint density at radius 1 is 1.10 bits per heavy atom. The molecule has 1 fully saturated rings. The van der Waals surface area contributed by atoms with E-state index in [2.05, 4.69) is 44.8 Å². The molecule has 0 aromatic rings. The van der Waals surface area contributed by atoms with Crippen molar-refractivity contribution in [1.29, 1.82) is 0 Å². The Kier molecular flexibility index (Phi) is 5.90. The zero-order valence-electron chi connectivity index (χ0n) is 13.3. The van der Waals surface area contributed by atoms with Gasteiger partial charge in [-0.15, -0.1) is 0 Å². The molecule has 0 saturated carbocycles. The zero-order valence-corrected chi connectivity index (χ0v) is 13.3. The van der Waals surface area contributed by atoms with Gasteiger partial charge in [-0.1, -0.05) is 13.8 Å². The Bertz CT molecular complexity index is 286. The normalized spacial score (nSPS) is 21.4. The standard InChI is InChI=1S/C15H29F3N2/c1-11(2)13(10-19-14(3,4)5)20-8-6-12(7-9-20)15(16,17)18/h11-13,19H,6-10H2,1-5H3. The Hall–Kier alpha value is -0.290. The topological polar surface area (TPSA) is 15.3 Å². The summed E-state index contributed by atoms with van der Waals surface area (Å²) in [5.74, 6) is -0.672. The van der Waals surface area contributed by atoms with Gasteiger partial charge in [0.2, 0.25) is 0 Å². The van der Waals surface area contributed by atoms with Gasteiger partial charge in [0.25, 0.3) is 0 Å². The number of piperidine rings is 1. The van der Waals surface area contributed by atoms with Crippen molar-refractivity contribution >= 4 is 0 Å². The molecule has 2 nitrogen and oxygen atoms in total. The van der Waals surface area contributed by atoms with E-state index in [1.54, 1.807) is 0 Å². The highest BCUT2D eigenvalue weighted by atomic mass is 19.4. The predicted octanol–water partition coefficient (Wildman–Crippen LogP) is 3.67. The van der Waals surface area contributed by atoms with Crippen LogP contribution in [0.5, 0.6) is 0 Å². The van der Waals surface area contributed by atoms with Crippen LogP contribution >= 0.6 is 0 Å². The van der Waals surface area contributed by atoms with Crippen LogP contribution in [0.15, 0.2) is 0 Å². The van der Waals surface area contributed by atoms with E-state index in [9.17, 15) is 13.2 Å². The van der Waals surface area contributed by atoms with Crippen LogP contribution in [0.2, 0.25) is 0 Å². The van der Waals surface area contributed by atoms with E-state index in [0.29, 0.717) is 25.0 Å². The molecule has 0 bridgehead atoms. The van der Waals surface area contributed by atoms with Gasteiger partial charge in [0.1, 0.15) is 0 Å². The van der Waals surface area contributed by atoms with Crippen LogP contribution in [0.25, 0.3) is 0 Å². The lowest BCUT2D eigenvalue weighted by Gasteiger charge is -2.41.